The molecular weight excluding hydrogens is 296 g/mol. The minimum Gasteiger partial charge on any atom is -0.371 e. The van der Waals surface area contributed by atoms with Crippen LogP contribution in [-0.2, 0) is 0 Å². The van der Waals surface area contributed by atoms with E-state index in [1.54, 1.807) is 17.7 Å². The molecule has 0 aromatic carbocycles. The van der Waals surface area contributed by atoms with Gasteiger partial charge in [0.05, 0.1) is 5.51 Å². The topological polar surface area (TPSA) is 66.8 Å². The number of anilines is 2. The summed E-state index contributed by atoms with van der Waals surface area (Å²) in [6, 6.07) is 4.56. The Bertz CT molecular complexity index is 751. The summed E-state index contributed by atoms with van der Waals surface area (Å²) in [5.74, 6) is 0.855. The molecule has 22 heavy (non-hydrogen) atoms. The predicted octanol–water partition coefficient (Wildman–Crippen LogP) is 2.56. The second kappa shape index (κ2) is 5.84. The van der Waals surface area contributed by atoms with Crippen LogP contribution in [0.1, 0.15) is 12.8 Å². The van der Waals surface area contributed by atoms with Crippen molar-refractivity contribution in [2.24, 2.45) is 0 Å². The first-order valence-electron chi connectivity index (χ1n) is 7.36. The van der Waals surface area contributed by atoms with Gasteiger partial charge in [0.1, 0.15) is 16.7 Å². The maximum atomic E-state index is 4.36. The number of nitrogens with zero attached hydrogens (tertiary/aromatic N) is 5. The van der Waals surface area contributed by atoms with Gasteiger partial charge in [0, 0.05) is 37.2 Å². The van der Waals surface area contributed by atoms with E-state index in [4.69, 9.17) is 0 Å². The molecular formula is C15H16N6S. The largest absolute Gasteiger partial charge is 0.371 e. The molecule has 0 saturated carbocycles. The molecule has 3 aromatic rings. The lowest BCUT2D eigenvalue weighted by molar-refractivity contribution is 0.525. The van der Waals surface area contributed by atoms with Gasteiger partial charge in [-0.2, -0.15) is 0 Å². The minimum atomic E-state index is 0.429. The highest BCUT2D eigenvalue weighted by Gasteiger charge is 2.20. The van der Waals surface area contributed by atoms with Crippen LogP contribution in [0, 0.1) is 0 Å². The van der Waals surface area contributed by atoms with Crippen LogP contribution in [0.3, 0.4) is 0 Å². The lowest BCUT2D eigenvalue weighted by Gasteiger charge is -2.34. The fourth-order valence-electron chi connectivity index (χ4n) is 2.83. The molecule has 1 aliphatic heterocycles. The summed E-state index contributed by atoms with van der Waals surface area (Å²) in [6.07, 6.45) is 7.46. The van der Waals surface area contributed by atoms with Gasteiger partial charge in [-0.3, -0.25) is 4.98 Å². The van der Waals surface area contributed by atoms with E-state index in [2.05, 4.69) is 42.3 Å². The van der Waals surface area contributed by atoms with Crippen molar-refractivity contribution in [1.82, 2.24) is 19.9 Å². The van der Waals surface area contributed by atoms with E-state index in [9.17, 15) is 0 Å². The van der Waals surface area contributed by atoms with E-state index in [0.29, 0.717) is 6.04 Å². The number of hydrogen-bond donors (Lipinski definition) is 1. The van der Waals surface area contributed by atoms with Gasteiger partial charge in [-0.05, 0) is 25.0 Å². The molecule has 3 aromatic heterocycles. The number of fused-ring (bicyclic) bond motifs is 1. The maximum absolute atomic E-state index is 4.36. The lowest BCUT2D eigenvalue weighted by Crippen LogP contribution is -2.39. The van der Waals surface area contributed by atoms with Crippen LogP contribution in [0.4, 0.5) is 11.5 Å². The molecule has 1 N–H and O–H groups in total. The molecule has 0 radical (unpaired) electrons. The second-order valence-corrected chi connectivity index (χ2v) is 6.17. The fraction of sp³-hybridized carbons (Fsp3) is 0.333. The number of hydrogen-bond acceptors (Lipinski definition) is 7. The molecule has 0 atom stereocenters. The zero-order valence-electron chi connectivity index (χ0n) is 12.0. The monoisotopic (exact) mass is 312 g/mol. The smallest absolute Gasteiger partial charge is 0.157 e. The van der Waals surface area contributed by atoms with Crippen molar-refractivity contribution in [3.05, 3.63) is 36.4 Å². The van der Waals surface area contributed by atoms with Crippen molar-refractivity contribution < 1.29 is 0 Å². The molecule has 1 fully saturated rings. The molecule has 0 bridgehead atoms. The molecule has 0 amide bonds. The highest BCUT2D eigenvalue weighted by atomic mass is 32.1. The first-order valence-corrected chi connectivity index (χ1v) is 8.24. The van der Waals surface area contributed by atoms with Gasteiger partial charge in [0.15, 0.2) is 5.82 Å². The maximum Gasteiger partial charge on any atom is 0.157 e. The summed E-state index contributed by atoms with van der Waals surface area (Å²) >= 11 is 1.54. The quantitative estimate of drug-likeness (QED) is 0.802. The fourth-order valence-corrected chi connectivity index (χ4v) is 3.46. The van der Waals surface area contributed by atoms with Gasteiger partial charge < -0.3 is 10.2 Å². The lowest BCUT2D eigenvalue weighted by atomic mass is 10.0. The van der Waals surface area contributed by atoms with E-state index in [-0.39, 0.29) is 0 Å². The summed E-state index contributed by atoms with van der Waals surface area (Å²) < 4.78 is 0. The normalized spacial score (nSPS) is 16.1. The second-order valence-electron chi connectivity index (χ2n) is 5.34. The van der Waals surface area contributed by atoms with Gasteiger partial charge >= 0.3 is 0 Å². The third kappa shape index (κ3) is 2.59. The van der Waals surface area contributed by atoms with Gasteiger partial charge in [-0.15, -0.1) is 11.3 Å². The third-order valence-corrected chi connectivity index (χ3v) is 4.73. The van der Waals surface area contributed by atoms with Crippen LogP contribution in [0.2, 0.25) is 0 Å². The van der Waals surface area contributed by atoms with Crippen LogP contribution >= 0.6 is 11.3 Å². The predicted molar refractivity (Wildman–Crippen MR) is 88.3 cm³/mol. The Labute approximate surface area is 132 Å². The summed E-state index contributed by atoms with van der Waals surface area (Å²) in [7, 11) is 0. The van der Waals surface area contributed by atoms with Gasteiger partial charge in [-0.25, -0.2) is 15.0 Å². The summed E-state index contributed by atoms with van der Waals surface area (Å²) in [5.41, 5.74) is 3.94. The molecule has 112 valence electrons. The van der Waals surface area contributed by atoms with Gasteiger partial charge in [0.25, 0.3) is 0 Å². The van der Waals surface area contributed by atoms with Crippen molar-refractivity contribution >= 4 is 33.2 Å². The molecule has 1 saturated heterocycles. The number of nitrogens with one attached hydrogen (secondary N) is 1. The van der Waals surface area contributed by atoms with Gasteiger partial charge in [-0.1, -0.05) is 0 Å². The summed E-state index contributed by atoms with van der Waals surface area (Å²) in [4.78, 5) is 20.4. The SMILES string of the molecule is c1cc(N2CCC(Nc3ncnc4scnc34)CC2)ccn1. The molecule has 6 nitrogen and oxygen atoms in total. The van der Waals surface area contributed by atoms with Crippen molar-refractivity contribution in [2.75, 3.05) is 23.3 Å². The Hall–Kier alpha value is -2.28. The average Bonchev–Trinajstić information content (AvgIpc) is 3.06. The summed E-state index contributed by atoms with van der Waals surface area (Å²) in [6.45, 7) is 2.07. The Morgan fingerprint density at radius 1 is 1.09 bits per heavy atom. The highest BCUT2D eigenvalue weighted by molar-refractivity contribution is 7.16. The Kier molecular flexibility index (Phi) is 3.56. The molecule has 7 heteroatoms. The third-order valence-electron chi connectivity index (χ3n) is 4.00. The molecule has 4 rings (SSSR count). The van der Waals surface area contributed by atoms with Crippen molar-refractivity contribution in [1.29, 1.82) is 0 Å². The highest BCUT2D eigenvalue weighted by Crippen LogP contribution is 2.24. The molecule has 0 spiro atoms. The van der Waals surface area contributed by atoms with Crippen molar-refractivity contribution in [3.8, 4) is 0 Å². The van der Waals surface area contributed by atoms with Crippen LogP contribution in [0.5, 0.6) is 0 Å². The minimum absolute atomic E-state index is 0.429. The number of piperidine rings is 1. The standard InChI is InChI=1S/C15H16N6S/c1-5-16-6-2-12(1)21-7-3-11(4-8-21)20-14-13-15(18-9-17-14)22-10-19-13/h1-2,5-6,9-11H,3-4,7-8H2,(H,17,18,20). The van der Waals surface area contributed by atoms with Crippen molar-refractivity contribution in [3.63, 3.8) is 0 Å². The number of aromatic nitrogens is 4. The van der Waals surface area contributed by atoms with E-state index < -0.39 is 0 Å². The zero-order chi connectivity index (χ0) is 14.8. The average molecular weight is 312 g/mol. The number of rotatable bonds is 3. The molecule has 4 heterocycles. The number of thiazole rings is 1. The Morgan fingerprint density at radius 2 is 1.91 bits per heavy atom. The van der Waals surface area contributed by atoms with E-state index in [1.807, 2.05) is 17.9 Å². The molecule has 1 aliphatic rings. The first kappa shape index (κ1) is 13.4. The van der Waals surface area contributed by atoms with Crippen molar-refractivity contribution in [2.45, 2.75) is 18.9 Å². The van der Waals surface area contributed by atoms with Crippen LogP contribution in [0.15, 0.2) is 36.4 Å². The summed E-state index contributed by atoms with van der Waals surface area (Å²) in [5, 5.41) is 3.54. The Balaban J connectivity index is 1.43. The molecule has 0 unspecified atom stereocenters. The molecule has 0 aliphatic carbocycles. The van der Waals surface area contributed by atoms with E-state index >= 15 is 0 Å². The van der Waals surface area contributed by atoms with E-state index in [0.717, 1.165) is 42.1 Å². The zero-order valence-corrected chi connectivity index (χ0v) is 12.8. The Morgan fingerprint density at radius 3 is 2.73 bits per heavy atom. The van der Waals surface area contributed by atoms with Crippen LogP contribution in [0.25, 0.3) is 10.3 Å². The first-order chi connectivity index (χ1) is 10.9. The van der Waals surface area contributed by atoms with E-state index in [1.165, 1.54) is 5.69 Å². The van der Waals surface area contributed by atoms with Crippen LogP contribution in [-0.4, -0.2) is 39.1 Å². The van der Waals surface area contributed by atoms with Crippen LogP contribution < -0.4 is 10.2 Å². The van der Waals surface area contributed by atoms with Gasteiger partial charge in [0.2, 0.25) is 0 Å². The number of pyridine rings is 1.